The van der Waals surface area contributed by atoms with Crippen molar-refractivity contribution in [3.63, 3.8) is 0 Å². The van der Waals surface area contributed by atoms with E-state index in [-0.39, 0.29) is 11.5 Å². The highest BCUT2D eigenvalue weighted by Gasteiger charge is 2.41. The fourth-order valence-corrected chi connectivity index (χ4v) is 6.94. The van der Waals surface area contributed by atoms with Crippen molar-refractivity contribution in [2.24, 2.45) is 29.1 Å². The Morgan fingerprint density at radius 2 is 1.90 bits per heavy atom. The molecule has 1 aliphatic heterocycles. The SMILES string of the molecule is CC(C)[C@@H](NCCC1C[C@@H]2CC[C@H]1C2)C(=O)N1CC[C@H](c2ccc(Cl)cc2)C(C)(C)C1. The standard InChI is InChI=1S/C27H41ClN2O/c1-18(2)25(29-13-11-22-16-19-5-6-21(22)15-19)26(31)30-14-12-24(27(3,4)17-30)20-7-9-23(28)10-8-20/h7-10,18-19,21-22,24-25,29H,5-6,11-17H2,1-4H3/t19-,21+,22?,24-,25-/m1/s1. The Morgan fingerprint density at radius 3 is 2.48 bits per heavy atom. The van der Waals surface area contributed by atoms with Crippen molar-refractivity contribution < 1.29 is 4.79 Å². The lowest BCUT2D eigenvalue weighted by Crippen LogP contribution is -2.55. The highest BCUT2D eigenvalue weighted by molar-refractivity contribution is 6.30. The molecule has 2 saturated carbocycles. The molecule has 1 heterocycles. The van der Waals surface area contributed by atoms with Crippen molar-refractivity contribution in [1.29, 1.82) is 0 Å². The molecule has 3 aliphatic rings. The van der Waals surface area contributed by atoms with E-state index in [0.717, 1.165) is 48.8 Å². The molecule has 4 rings (SSSR count). The van der Waals surface area contributed by atoms with E-state index < -0.39 is 0 Å². The summed E-state index contributed by atoms with van der Waals surface area (Å²) in [6, 6.07) is 8.21. The van der Waals surface area contributed by atoms with Gasteiger partial charge in [0.2, 0.25) is 5.91 Å². The smallest absolute Gasteiger partial charge is 0.239 e. The number of nitrogens with zero attached hydrogens (tertiary/aromatic N) is 1. The quantitative estimate of drug-likeness (QED) is 0.549. The minimum absolute atomic E-state index is 0.0480. The van der Waals surface area contributed by atoms with Crippen LogP contribution in [0.2, 0.25) is 5.02 Å². The summed E-state index contributed by atoms with van der Waals surface area (Å²) in [4.78, 5) is 15.6. The molecule has 31 heavy (non-hydrogen) atoms. The monoisotopic (exact) mass is 444 g/mol. The maximum Gasteiger partial charge on any atom is 0.239 e. The van der Waals surface area contributed by atoms with E-state index in [0.29, 0.717) is 17.7 Å². The van der Waals surface area contributed by atoms with Crippen molar-refractivity contribution >= 4 is 17.5 Å². The predicted octanol–water partition coefficient (Wildman–Crippen LogP) is 6.12. The van der Waals surface area contributed by atoms with Gasteiger partial charge in [-0.15, -0.1) is 0 Å². The Morgan fingerprint density at radius 1 is 1.16 bits per heavy atom. The number of benzene rings is 1. The van der Waals surface area contributed by atoms with Crippen LogP contribution in [0.1, 0.15) is 77.7 Å². The number of piperidine rings is 1. The van der Waals surface area contributed by atoms with E-state index in [1.54, 1.807) is 0 Å². The average Bonchev–Trinajstić information content (AvgIpc) is 3.34. The lowest BCUT2D eigenvalue weighted by atomic mass is 9.70. The second-order valence-electron chi connectivity index (χ2n) is 11.5. The third-order valence-corrected chi connectivity index (χ3v) is 8.76. The molecule has 1 aromatic carbocycles. The molecule has 4 heteroatoms. The summed E-state index contributed by atoms with van der Waals surface area (Å²) in [6.07, 6.45) is 8.05. The van der Waals surface area contributed by atoms with Gasteiger partial charge < -0.3 is 10.2 Å². The van der Waals surface area contributed by atoms with Gasteiger partial charge >= 0.3 is 0 Å². The van der Waals surface area contributed by atoms with Crippen LogP contribution in [0.25, 0.3) is 0 Å². The summed E-state index contributed by atoms with van der Waals surface area (Å²) in [5.74, 6) is 3.92. The molecule has 3 nitrogen and oxygen atoms in total. The van der Waals surface area contributed by atoms with Crippen molar-refractivity contribution in [2.45, 2.75) is 78.2 Å². The fourth-order valence-electron chi connectivity index (χ4n) is 6.82. The number of nitrogens with one attached hydrogen (secondary N) is 1. The average molecular weight is 445 g/mol. The molecule has 5 atom stereocenters. The van der Waals surface area contributed by atoms with Crippen LogP contribution < -0.4 is 5.32 Å². The van der Waals surface area contributed by atoms with Gasteiger partial charge in [-0.2, -0.15) is 0 Å². The van der Waals surface area contributed by atoms with Crippen molar-refractivity contribution in [3.8, 4) is 0 Å². The molecule has 0 spiro atoms. The molecule has 3 fully saturated rings. The molecular formula is C27H41ClN2O. The van der Waals surface area contributed by atoms with Crippen LogP contribution in [0.5, 0.6) is 0 Å². The molecule has 1 N–H and O–H groups in total. The Balaban J connectivity index is 1.33. The van der Waals surface area contributed by atoms with Gasteiger partial charge in [-0.3, -0.25) is 4.79 Å². The van der Waals surface area contributed by atoms with Gasteiger partial charge in [-0.05, 0) is 91.3 Å². The second kappa shape index (κ2) is 9.43. The number of hydrogen-bond acceptors (Lipinski definition) is 2. The minimum Gasteiger partial charge on any atom is -0.341 e. The van der Waals surface area contributed by atoms with E-state index in [1.807, 2.05) is 12.1 Å². The van der Waals surface area contributed by atoms with Crippen LogP contribution >= 0.6 is 11.6 Å². The van der Waals surface area contributed by atoms with Crippen molar-refractivity contribution in [2.75, 3.05) is 19.6 Å². The molecule has 1 saturated heterocycles. The summed E-state index contributed by atoms with van der Waals surface area (Å²) in [6.45, 7) is 11.6. The van der Waals surface area contributed by atoms with Crippen LogP contribution in [0.15, 0.2) is 24.3 Å². The molecule has 0 radical (unpaired) electrons. The summed E-state index contributed by atoms with van der Waals surface area (Å²) in [7, 11) is 0. The first-order chi connectivity index (χ1) is 14.7. The third-order valence-electron chi connectivity index (χ3n) is 8.51. The topological polar surface area (TPSA) is 32.3 Å². The van der Waals surface area contributed by atoms with Gasteiger partial charge in [0, 0.05) is 18.1 Å². The number of hydrogen-bond donors (Lipinski definition) is 1. The zero-order valence-corrected chi connectivity index (χ0v) is 20.6. The van der Waals surface area contributed by atoms with Crippen LogP contribution in [-0.2, 0) is 4.79 Å². The lowest BCUT2D eigenvalue weighted by Gasteiger charge is -2.46. The van der Waals surface area contributed by atoms with Gasteiger partial charge in [-0.25, -0.2) is 0 Å². The van der Waals surface area contributed by atoms with Crippen molar-refractivity contribution in [3.05, 3.63) is 34.9 Å². The summed E-state index contributed by atoms with van der Waals surface area (Å²) in [5.41, 5.74) is 1.39. The number of likely N-dealkylation sites (tertiary alicyclic amines) is 1. The Hall–Kier alpha value is -1.06. The summed E-state index contributed by atoms with van der Waals surface area (Å²) in [5, 5.41) is 4.46. The van der Waals surface area contributed by atoms with Crippen LogP contribution in [-0.4, -0.2) is 36.5 Å². The maximum atomic E-state index is 13.5. The number of carbonyl (C=O) groups is 1. The maximum absolute atomic E-state index is 13.5. The zero-order chi connectivity index (χ0) is 22.2. The van der Waals surface area contributed by atoms with Crippen molar-refractivity contribution in [1.82, 2.24) is 10.2 Å². The fraction of sp³-hybridized carbons (Fsp3) is 0.741. The number of rotatable bonds is 7. The van der Waals surface area contributed by atoms with E-state index >= 15 is 0 Å². The number of fused-ring (bicyclic) bond motifs is 2. The molecule has 1 amide bonds. The highest BCUT2D eigenvalue weighted by Crippen LogP contribution is 2.49. The van der Waals surface area contributed by atoms with E-state index in [2.05, 4.69) is 50.0 Å². The molecular weight excluding hydrogens is 404 g/mol. The Kier molecular flexibility index (Phi) is 7.03. The van der Waals surface area contributed by atoms with Gasteiger partial charge in [0.05, 0.1) is 6.04 Å². The first-order valence-electron chi connectivity index (χ1n) is 12.5. The largest absolute Gasteiger partial charge is 0.341 e. The number of halogens is 1. The van der Waals surface area contributed by atoms with E-state index in [1.165, 1.54) is 37.7 Å². The number of carbonyl (C=O) groups excluding carboxylic acids is 1. The van der Waals surface area contributed by atoms with Gasteiger partial charge in [0.25, 0.3) is 0 Å². The second-order valence-corrected chi connectivity index (χ2v) is 12.0. The lowest BCUT2D eigenvalue weighted by molar-refractivity contribution is -0.138. The normalized spacial score (nSPS) is 30.7. The first-order valence-corrected chi connectivity index (χ1v) is 12.9. The van der Waals surface area contributed by atoms with E-state index in [4.69, 9.17) is 11.6 Å². The third kappa shape index (κ3) is 5.14. The molecule has 172 valence electrons. The molecule has 1 unspecified atom stereocenters. The van der Waals surface area contributed by atoms with Crippen LogP contribution in [0, 0.1) is 29.1 Å². The van der Waals surface area contributed by atoms with Crippen LogP contribution in [0.3, 0.4) is 0 Å². The first kappa shape index (κ1) is 23.1. The highest BCUT2D eigenvalue weighted by atomic mass is 35.5. The van der Waals surface area contributed by atoms with Gasteiger partial charge in [0.1, 0.15) is 0 Å². The summed E-state index contributed by atoms with van der Waals surface area (Å²) < 4.78 is 0. The van der Waals surface area contributed by atoms with Gasteiger partial charge in [-0.1, -0.05) is 57.8 Å². The van der Waals surface area contributed by atoms with Gasteiger partial charge in [0.15, 0.2) is 0 Å². The molecule has 2 bridgehead atoms. The zero-order valence-electron chi connectivity index (χ0n) is 19.9. The van der Waals surface area contributed by atoms with E-state index in [9.17, 15) is 4.79 Å². The molecule has 0 aromatic heterocycles. The molecule has 2 aliphatic carbocycles. The Bertz CT molecular complexity index is 759. The summed E-state index contributed by atoms with van der Waals surface area (Å²) >= 11 is 6.09. The molecule has 1 aromatic rings. The minimum atomic E-state index is -0.0681. The predicted molar refractivity (Wildman–Crippen MR) is 129 cm³/mol. The van der Waals surface area contributed by atoms with Crippen LogP contribution in [0.4, 0.5) is 0 Å². The Labute approximate surface area is 194 Å². The number of amides is 1.